The Labute approximate surface area is 114 Å². The molecule has 0 saturated carbocycles. The standard InChI is InChI=1S/C16H20N2O/c1-18(14-8-10-15(19-2)11-9-14)16(12-17)13-6-4-3-5-7-13/h3-11,16H,12,17H2,1-2H3. The highest BCUT2D eigenvalue weighted by atomic mass is 16.5. The van der Waals surface area contributed by atoms with E-state index in [1.165, 1.54) is 5.56 Å². The van der Waals surface area contributed by atoms with Gasteiger partial charge < -0.3 is 15.4 Å². The molecule has 0 aliphatic heterocycles. The lowest BCUT2D eigenvalue weighted by Gasteiger charge is -2.29. The van der Waals surface area contributed by atoms with Crippen LogP contribution in [0.2, 0.25) is 0 Å². The van der Waals surface area contributed by atoms with Crippen molar-refractivity contribution in [1.29, 1.82) is 0 Å². The molecule has 0 spiro atoms. The van der Waals surface area contributed by atoms with E-state index in [0.29, 0.717) is 6.54 Å². The van der Waals surface area contributed by atoms with E-state index < -0.39 is 0 Å². The van der Waals surface area contributed by atoms with E-state index in [9.17, 15) is 0 Å². The van der Waals surface area contributed by atoms with E-state index in [4.69, 9.17) is 10.5 Å². The molecule has 1 unspecified atom stereocenters. The monoisotopic (exact) mass is 256 g/mol. The van der Waals surface area contributed by atoms with Crippen LogP contribution < -0.4 is 15.4 Å². The Balaban J connectivity index is 2.22. The molecular weight excluding hydrogens is 236 g/mol. The zero-order valence-corrected chi connectivity index (χ0v) is 11.4. The molecule has 3 nitrogen and oxygen atoms in total. The summed E-state index contributed by atoms with van der Waals surface area (Å²) >= 11 is 0. The summed E-state index contributed by atoms with van der Waals surface area (Å²) in [7, 11) is 3.73. The van der Waals surface area contributed by atoms with Crippen molar-refractivity contribution in [3.05, 3.63) is 60.2 Å². The SMILES string of the molecule is COc1ccc(N(C)C(CN)c2ccccc2)cc1. The molecule has 0 aliphatic rings. The first-order chi connectivity index (χ1) is 9.26. The Morgan fingerprint density at radius 3 is 2.21 bits per heavy atom. The van der Waals surface area contributed by atoms with Gasteiger partial charge in [0.25, 0.3) is 0 Å². The molecule has 0 amide bonds. The Bertz CT molecular complexity index is 496. The summed E-state index contributed by atoms with van der Waals surface area (Å²) in [4.78, 5) is 2.19. The lowest BCUT2D eigenvalue weighted by atomic mass is 10.1. The molecule has 3 heteroatoms. The molecule has 2 rings (SSSR count). The first-order valence-electron chi connectivity index (χ1n) is 6.38. The van der Waals surface area contributed by atoms with Crippen molar-refractivity contribution in [2.75, 3.05) is 25.6 Å². The van der Waals surface area contributed by atoms with Crippen LogP contribution in [0.4, 0.5) is 5.69 Å². The first-order valence-corrected chi connectivity index (χ1v) is 6.38. The van der Waals surface area contributed by atoms with Gasteiger partial charge in [-0.25, -0.2) is 0 Å². The van der Waals surface area contributed by atoms with E-state index in [2.05, 4.69) is 24.1 Å². The van der Waals surface area contributed by atoms with Crippen LogP contribution in [-0.2, 0) is 0 Å². The van der Waals surface area contributed by atoms with Crippen LogP contribution >= 0.6 is 0 Å². The topological polar surface area (TPSA) is 38.5 Å². The van der Waals surface area contributed by atoms with Gasteiger partial charge >= 0.3 is 0 Å². The number of ether oxygens (including phenoxy) is 1. The van der Waals surface area contributed by atoms with Gasteiger partial charge in [0.1, 0.15) is 5.75 Å². The largest absolute Gasteiger partial charge is 0.497 e. The van der Waals surface area contributed by atoms with E-state index in [-0.39, 0.29) is 6.04 Å². The number of nitrogens with zero attached hydrogens (tertiary/aromatic N) is 1. The summed E-state index contributed by atoms with van der Waals surface area (Å²) in [5.41, 5.74) is 8.28. The Kier molecular flexibility index (Phi) is 4.42. The molecule has 0 radical (unpaired) electrons. The summed E-state index contributed by atoms with van der Waals surface area (Å²) in [5.74, 6) is 0.862. The lowest BCUT2D eigenvalue weighted by molar-refractivity contribution is 0.415. The molecule has 1 atom stereocenters. The molecule has 100 valence electrons. The highest BCUT2D eigenvalue weighted by Gasteiger charge is 2.15. The van der Waals surface area contributed by atoms with Crippen LogP contribution in [-0.4, -0.2) is 20.7 Å². The molecular formula is C16H20N2O. The molecule has 0 fully saturated rings. The van der Waals surface area contributed by atoms with Crippen molar-refractivity contribution in [2.24, 2.45) is 5.73 Å². The maximum absolute atomic E-state index is 5.93. The number of rotatable bonds is 5. The number of hydrogen-bond donors (Lipinski definition) is 1. The third-order valence-corrected chi connectivity index (χ3v) is 3.35. The van der Waals surface area contributed by atoms with Crippen molar-refractivity contribution >= 4 is 5.69 Å². The average molecular weight is 256 g/mol. The molecule has 19 heavy (non-hydrogen) atoms. The van der Waals surface area contributed by atoms with Gasteiger partial charge in [-0.3, -0.25) is 0 Å². The number of anilines is 1. The van der Waals surface area contributed by atoms with Gasteiger partial charge in [0.2, 0.25) is 0 Å². The van der Waals surface area contributed by atoms with Gasteiger partial charge in [0, 0.05) is 19.3 Å². The second kappa shape index (κ2) is 6.25. The van der Waals surface area contributed by atoms with Crippen molar-refractivity contribution in [3.8, 4) is 5.75 Å². The Morgan fingerprint density at radius 1 is 1.05 bits per heavy atom. The lowest BCUT2D eigenvalue weighted by Crippen LogP contribution is -2.30. The second-order valence-electron chi connectivity index (χ2n) is 4.47. The van der Waals surface area contributed by atoms with Crippen LogP contribution in [0.3, 0.4) is 0 Å². The molecule has 2 N–H and O–H groups in total. The molecule has 0 aliphatic carbocycles. The van der Waals surface area contributed by atoms with Gasteiger partial charge in [-0.05, 0) is 29.8 Å². The third-order valence-electron chi connectivity index (χ3n) is 3.35. The number of methoxy groups -OCH3 is 1. The highest BCUT2D eigenvalue weighted by molar-refractivity contribution is 5.50. The molecule has 0 bridgehead atoms. The molecule has 2 aromatic carbocycles. The highest BCUT2D eigenvalue weighted by Crippen LogP contribution is 2.26. The van der Waals surface area contributed by atoms with Crippen LogP contribution in [0.25, 0.3) is 0 Å². The molecule has 0 saturated heterocycles. The number of nitrogens with two attached hydrogens (primary N) is 1. The number of hydrogen-bond acceptors (Lipinski definition) is 3. The number of likely N-dealkylation sites (N-methyl/N-ethyl adjacent to an activating group) is 1. The van der Waals surface area contributed by atoms with Crippen molar-refractivity contribution in [1.82, 2.24) is 0 Å². The average Bonchev–Trinajstić information content (AvgIpc) is 2.49. The van der Waals surface area contributed by atoms with Crippen LogP contribution in [0, 0.1) is 0 Å². The summed E-state index contributed by atoms with van der Waals surface area (Å²) in [6.07, 6.45) is 0. The van der Waals surface area contributed by atoms with Gasteiger partial charge in [-0.15, -0.1) is 0 Å². The Hall–Kier alpha value is -2.00. The van der Waals surface area contributed by atoms with Crippen LogP contribution in [0.5, 0.6) is 5.75 Å². The minimum Gasteiger partial charge on any atom is -0.497 e. The predicted octanol–water partition coefficient (Wildman–Crippen LogP) is 2.83. The molecule has 0 heterocycles. The van der Waals surface area contributed by atoms with Crippen molar-refractivity contribution < 1.29 is 4.74 Å². The fourth-order valence-corrected chi connectivity index (χ4v) is 2.19. The second-order valence-corrected chi connectivity index (χ2v) is 4.47. The maximum Gasteiger partial charge on any atom is 0.119 e. The van der Waals surface area contributed by atoms with Crippen LogP contribution in [0.1, 0.15) is 11.6 Å². The smallest absolute Gasteiger partial charge is 0.119 e. The van der Waals surface area contributed by atoms with E-state index in [1.807, 2.05) is 42.5 Å². The van der Waals surface area contributed by atoms with Crippen molar-refractivity contribution in [2.45, 2.75) is 6.04 Å². The quantitative estimate of drug-likeness (QED) is 0.894. The predicted molar refractivity (Wildman–Crippen MR) is 79.6 cm³/mol. The minimum absolute atomic E-state index is 0.176. The molecule has 0 aromatic heterocycles. The molecule has 2 aromatic rings. The van der Waals surface area contributed by atoms with Crippen molar-refractivity contribution in [3.63, 3.8) is 0 Å². The Morgan fingerprint density at radius 2 is 1.68 bits per heavy atom. The zero-order chi connectivity index (χ0) is 13.7. The third kappa shape index (κ3) is 3.06. The summed E-state index contributed by atoms with van der Waals surface area (Å²) in [6, 6.07) is 18.5. The zero-order valence-electron chi connectivity index (χ0n) is 11.4. The van der Waals surface area contributed by atoms with Gasteiger partial charge in [-0.2, -0.15) is 0 Å². The van der Waals surface area contributed by atoms with E-state index in [1.54, 1.807) is 7.11 Å². The first kappa shape index (κ1) is 13.4. The van der Waals surface area contributed by atoms with Gasteiger partial charge in [0.15, 0.2) is 0 Å². The fourth-order valence-electron chi connectivity index (χ4n) is 2.19. The summed E-state index contributed by atoms with van der Waals surface area (Å²) in [6.45, 7) is 0.576. The normalized spacial score (nSPS) is 11.9. The summed E-state index contributed by atoms with van der Waals surface area (Å²) in [5, 5.41) is 0. The fraction of sp³-hybridized carbons (Fsp3) is 0.250. The van der Waals surface area contributed by atoms with Crippen LogP contribution in [0.15, 0.2) is 54.6 Å². The summed E-state index contributed by atoms with van der Waals surface area (Å²) < 4.78 is 5.18. The maximum atomic E-state index is 5.93. The minimum atomic E-state index is 0.176. The van der Waals surface area contributed by atoms with Gasteiger partial charge in [-0.1, -0.05) is 30.3 Å². The number of benzene rings is 2. The van der Waals surface area contributed by atoms with Gasteiger partial charge in [0.05, 0.1) is 13.2 Å². The van der Waals surface area contributed by atoms with E-state index in [0.717, 1.165) is 11.4 Å². The van der Waals surface area contributed by atoms with E-state index >= 15 is 0 Å².